The third-order valence-corrected chi connectivity index (χ3v) is 3.82. The molecule has 5 heteroatoms. The lowest BCUT2D eigenvalue weighted by Gasteiger charge is -2.14. The van der Waals surface area contributed by atoms with E-state index in [1.165, 1.54) is 23.0 Å². The van der Waals surface area contributed by atoms with Crippen LogP contribution in [0.4, 0.5) is 0 Å². The lowest BCUT2D eigenvalue weighted by molar-refractivity contribution is 0.0427. The molecule has 1 atom stereocenters. The minimum absolute atomic E-state index is 0.348. The summed E-state index contributed by atoms with van der Waals surface area (Å²) in [6.45, 7) is 4.71. The molecule has 0 N–H and O–H groups in total. The van der Waals surface area contributed by atoms with E-state index < -0.39 is 5.97 Å². The van der Waals surface area contributed by atoms with E-state index >= 15 is 0 Å². The zero-order chi connectivity index (χ0) is 15.7. The Bertz CT molecular complexity index is 456. The molecule has 0 saturated carbocycles. The van der Waals surface area contributed by atoms with Gasteiger partial charge in [0, 0.05) is 0 Å². The van der Waals surface area contributed by atoms with Gasteiger partial charge in [-0.1, -0.05) is 33.1 Å². The van der Waals surface area contributed by atoms with Gasteiger partial charge in [0.2, 0.25) is 0 Å². The minimum atomic E-state index is -0.430. The molecule has 0 heterocycles. The van der Waals surface area contributed by atoms with Crippen molar-refractivity contribution in [3.8, 4) is 0 Å². The Morgan fingerprint density at radius 1 is 1.10 bits per heavy atom. The van der Waals surface area contributed by atoms with Crippen LogP contribution in [-0.2, 0) is 7.80 Å². The maximum absolute atomic E-state index is 11.9. The van der Waals surface area contributed by atoms with E-state index in [1.54, 1.807) is 24.3 Å². The number of carbonyl (C=O) groups is 2. The highest BCUT2D eigenvalue weighted by molar-refractivity contribution is 14.1. The van der Waals surface area contributed by atoms with Crippen LogP contribution in [0.3, 0.4) is 0 Å². The second kappa shape index (κ2) is 9.76. The standard InChI is InChI=1S/C16H21IO4/c1-3-5-6-12(4-2)11-20-15(18)13-7-9-14(10-8-13)16(19)21-17/h7-10,12H,3-6,11H2,1-2H3/t12-/m0/s1. The van der Waals surface area contributed by atoms with Crippen LogP contribution >= 0.6 is 23.0 Å². The molecule has 0 aliphatic heterocycles. The molecule has 4 nitrogen and oxygen atoms in total. The van der Waals surface area contributed by atoms with Crippen molar-refractivity contribution in [2.24, 2.45) is 5.92 Å². The van der Waals surface area contributed by atoms with Crippen molar-refractivity contribution in [1.29, 1.82) is 0 Å². The van der Waals surface area contributed by atoms with Gasteiger partial charge in [0.05, 0.1) is 17.7 Å². The summed E-state index contributed by atoms with van der Waals surface area (Å²) in [5, 5.41) is 0. The minimum Gasteiger partial charge on any atom is -0.462 e. The quantitative estimate of drug-likeness (QED) is 0.471. The lowest BCUT2D eigenvalue weighted by atomic mass is 10.0. The van der Waals surface area contributed by atoms with E-state index in [0.717, 1.165) is 25.7 Å². The topological polar surface area (TPSA) is 52.6 Å². The number of rotatable bonds is 8. The first-order chi connectivity index (χ1) is 10.1. The van der Waals surface area contributed by atoms with Crippen LogP contribution in [-0.4, -0.2) is 18.5 Å². The maximum Gasteiger partial charge on any atom is 0.347 e. The second-order valence-corrected chi connectivity index (χ2v) is 5.40. The van der Waals surface area contributed by atoms with Gasteiger partial charge in [-0.2, -0.15) is 0 Å². The SMILES string of the molecule is CCCC[C@H](CC)COC(=O)c1ccc(C(=O)OI)cc1. The highest BCUT2D eigenvalue weighted by Gasteiger charge is 2.13. The molecule has 0 radical (unpaired) electrons. The number of esters is 1. The van der Waals surface area contributed by atoms with Crippen molar-refractivity contribution in [2.75, 3.05) is 6.61 Å². The fourth-order valence-electron chi connectivity index (χ4n) is 1.96. The number of unbranched alkanes of at least 4 members (excludes halogenated alkanes) is 1. The normalized spacial score (nSPS) is 11.8. The zero-order valence-corrected chi connectivity index (χ0v) is 14.6. The molecular weight excluding hydrogens is 383 g/mol. The maximum atomic E-state index is 11.9. The lowest BCUT2D eigenvalue weighted by Crippen LogP contribution is -2.14. The second-order valence-electron chi connectivity index (χ2n) is 4.96. The zero-order valence-electron chi connectivity index (χ0n) is 12.4. The van der Waals surface area contributed by atoms with Crippen LogP contribution < -0.4 is 0 Å². The molecule has 0 bridgehead atoms. The third kappa shape index (κ3) is 6.03. The van der Waals surface area contributed by atoms with Crippen molar-refractivity contribution in [1.82, 2.24) is 0 Å². The molecule has 116 valence electrons. The van der Waals surface area contributed by atoms with Gasteiger partial charge in [0.15, 0.2) is 23.0 Å². The van der Waals surface area contributed by atoms with E-state index in [4.69, 9.17) is 4.74 Å². The molecule has 0 unspecified atom stereocenters. The number of halogens is 1. The van der Waals surface area contributed by atoms with Gasteiger partial charge in [-0.05, 0) is 36.6 Å². The number of carbonyl (C=O) groups excluding carboxylic acids is 2. The Kier molecular flexibility index (Phi) is 8.34. The monoisotopic (exact) mass is 404 g/mol. The van der Waals surface area contributed by atoms with Gasteiger partial charge in [-0.3, -0.25) is 0 Å². The number of hydrogen-bond donors (Lipinski definition) is 0. The summed E-state index contributed by atoms with van der Waals surface area (Å²) in [7, 11) is 0. The molecule has 0 aromatic heterocycles. The molecule has 0 saturated heterocycles. The van der Waals surface area contributed by atoms with Crippen molar-refractivity contribution < 1.29 is 17.4 Å². The van der Waals surface area contributed by atoms with Gasteiger partial charge in [0.1, 0.15) is 0 Å². The predicted molar refractivity (Wildman–Crippen MR) is 89.5 cm³/mol. The van der Waals surface area contributed by atoms with Crippen molar-refractivity contribution >= 4 is 34.9 Å². The summed E-state index contributed by atoms with van der Waals surface area (Å²) < 4.78 is 9.93. The molecule has 0 aliphatic carbocycles. The number of benzene rings is 1. The van der Waals surface area contributed by atoms with Crippen LogP contribution in [0.5, 0.6) is 0 Å². The molecule has 1 aromatic carbocycles. The molecule has 0 aliphatic rings. The van der Waals surface area contributed by atoms with Gasteiger partial charge in [-0.15, -0.1) is 0 Å². The highest BCUT2D eigenvalue weighted by atomic mass is 127. The Morgan fingerprint density at radius 2 is 1.67 bits per heavy atom. The third-order valence-electron chi connectivity index (χ3n) is 3.42. The summed E-state index contributed by atoms with van der Waals surface area (Å²) in [5.41, 5.74) is 0.862. The van der Waals surface area contributed by atoms with Gasteiger partial charge in [0.25, 0.3) is 0 Å². The first-order valence-electron chi connectivity index (χ1n) is 7.22. The molecule has 21 heavy (non-hydrogen) atoms. The Morgan fingerprint density at radius 3 is 2.14 bits per heavy atom. The van der Waals surface area contributed by atoms with Crippen LogP contribution in [0.25, 0.3) is 0 Å². The first-order valence-corrected chi connectivity index (χ1v) is 8.10. The molecule has 1 rings (SSSR count). The average molecular weight is 404 g/mol. The van der Waals surface area contributed by atoms with Crippen LogP contribution in [0.15, 0.2) is 24.3 Å². The van der Waals surface area contributed by atoms with Crippen molar-refractivity contribution in [3.05, 3.63) is 35.4 Å². The molecule has 0 spiro atoms. The predicted octanol–water partition coefficient (Wildman–Crippen LogP) is 4.57. The summed E-state index contributed by atoms with van der Waals surface area (Å²) in [6, 6.07) is 6.29. The van der Waals surface area contributed by atoms with E-state index in [2.05, 4.69) is 16.9 Å². The van der Waals surface area contributed by atoms with Crippen LogP contribution in [0.1, 0.15) is 60.2 Å². The molecule has 0 fully saturated rings. The van der Waals surface area contributed by atoms with Gasteiger partial charge < -0.3 is 7.80 Å². The van der Waals surface area contributed by atoms with E-state index in [-0.39, 0.29) is 5.97 Å². The van der Waals surface area contributed by atoms with Gasteiger partial charge in [-0.25, -0.2) is 9.59 Å². The fourth-order valence-corrected chi connectivity index (χ4v) is 2.22. The number of hydrogen-bond acceptors (Lipinski definition) is 4. The van der Waals surface area contributed by atoms with Gasteiger partial charge >= 0.3 is 11.9 Å². The van der Waals surface area contributed by atoms with Crippen LogP contribution in [0, 0.1) is 5.92 Å². The average Bonchev–Trinajstić information content (AvgIpc) is 2.54. The molecular formula is C16H21IO4. The molecule has 0 amide bonds. The summed E-state index contributed by atoms with van der Waals surface area (Å²) in [4.78, 5) is 23.3. The highest BCUT2D eigenvalue weighted by Crippen LogP contribution is 2.14. The smallest absolute Gasteiger partial charge is 0.347 e. The Balaban J connectivity index is 2.53. The fraction of sp³-hybridized carbons (Fsp3) is 0.500. The Hall–Kier alpha value is -1.11. The first kappa shape index (κ1) is 17.9. The molecule has 1 aromatic rings. The Labute approximate surface area is 139 Å². The summed E-state index contributed by atoms with van der Waals surface area (Å²) in [5.74, 6) is -0.359. The summed E-state index contributed by atoms with van der Waals surface area (Å²) >= 11 is 1.53. The van der Waals surface area contributed by atoms with Crippen molar-refractivity contribution in [3.63, 3.8) is 0 Å². The largest absolute Gasteiger partial charge is 0.462 e. The van der Waals surface area contributed by atoms with Crippen molar-refractivity contribution in [2.45, 2.75) is 39.5 Å². The van der Waals surface area contributed by atoms with E-state index in [0.29, 0.717) is 23.7 Å². The van der Waals surface area contributed by atoms with E-state index in [9.17, 15) is 9.59 Å². The summed E-state index contributed by atoms with van der Waals surface area (Å²) in [6.07, 6.45) is 4.40. The van der Waals surface area contributed by atoms with E-state index in [1.807, 2.05) is 0 Å². The number of ether oxygens (including phenoxy) is 1. The van der Waals surface area contributed by atoms with Crippen LogP contribution in [0.2, 0.25) is 0 Å².